The van der Waals surface area contributed by atoms with Gasteiger partial charge in [-0.2, -0.15) is 0 Å². The number of unbranched alkanes of at least 4 members (excludes halogenated alkanes) is 2. The van der Waals surface area contributed by atoms with Crippen LogP contribution in [0.3, 0.4) is 0 Å². The molecule has 2 rings (SSSR count). The zero-order chi connectivity index (χ0) is 25.6. The van der Waals surface area contributed by atoms with Gasteiger partial charge < -0.3 is 14.6 Å². The molecule has 0 amide bonds. The van der Waals surface area contributed by atoms with Crippen LogP contribution in [0.15, 0.2) is 36.4 Å². The zero-order valence-corrected chi connectivity index (χ0v) is 23.2. The third-order valence-corrected chi connectivity index (χ3v) is 6.60. The normalized spacial score (nSPS) is 12.6. The van der Waals surface area contributed by atoms with E-state index in [4.69, 9.17) is 9.47 Å². The SMILES string of the molecule is CCCCOc1ccc(C(C)(C)C)cc1C(O)(CC)c1cc(C(C)(C)C)ccc1OCCCC. The van der Waals surface area contributed by atoms with Crippen molar-refractivity contribution in [2.45, 2.75) is 111 Å². The summed E-state index contributed by atoms with van der Waals surface area (Å²) in [6, 6.07) is 12.6. The van der Waals surface area contributed by atoms with Crippen LogP contribution in [0.4, 0.5) is 0 Å². The third-order valence-electron chi connectivity index (χ3n) is 6.60. The predicted molar refractivity (Wildman–Crippen MR) is 144 cm³/mol. The molecule has 0 aromatic heterocycles. The van der Waals surface area contributed by atoms with Crippen LogP contribution in [-0.2, 0) is 16.4 Å². The first-order chi connectivity index (χ1) is 15.9. The summed E-state index contributed by atoms with van der Waals surface area (Å²) >= 11 is 0. The Morgan fingerprint density at radius 3 is 1.32 bits per heavy atom. The first-order valence-corrected chi connectivity index (χ1v) is 13.2. The van der Waals surface area contributed by atoms with Gasteiger partial charge in [-0.1, -0.05) is 87.3 Å². The molecule has 1 N–H and O–H groups in total. The molecule has 3 nitrogen and oxygen atoms in total. The van der Waals surface area contributed by atoms with Gasteiger partial charge >= 0.3 is 0 Å². The molecule has 0 fully saturated rings. The van der Waals surface area contributed by atoms with E-state index in [9.17, 15) is 5.11 Å². The van der Waals surface area contributed by atoms with Crippen molar-refractivity contribution in [2.75, 3.05) is 13.2 Å². The number of ether oxygens (including phenoxy) is 2. The second-order valence-electron chi connectivity index (χ2n) is 11.5. The molecule has 0 heterocycles. The van der Waals surface area contributed by atoms with E-state index in [1.54, 1.807) is 0 Å². The Morgan fingerprint density at radius 2 is 1.03 bits per heavy atom. The predicted octanol–water partition coefficient (Wildman–Crippen LogP) is 8.29. The third kappa shape index (κ3) is 6.78. The van der Waals surface area contributed by atoms with Gasteiger partial charge in [-0.05, 0) is 65.5 Å². The van der Waals surface area contributed by atoms with Crippen molar-refractivity contribution in [3.05, 3.63) is 58.7 Å². The summed E-state index contributed by atoms with van der Waals surface area (Å²) < 4.78 is 12.5. The molecule has 0 saturated carbocycles. The maximum absolute atomic E-state index is 12.5. The smallest absolute Gasteiger partial charge is 0.125 e. The number of hydrogen-bond acceptors (Lipinski definition) is 3. The fraction of sp³-hybridized carbons (Fsp3) is 0.613. The van der Waals surface area contributed by atoms with E-state index in [1.165, 1.54) is 11.1 Å². The lowest BCUT2D eigenvalue weighted by Crippen LogP contribution is -2.30. The number of hydrogen-bond donors (Lipinski definition) is 1. The quantitative estimate of drug-likeness (QED) is 0.337. The molecule has 0 aliphatic heterocycles. The summed E-state index contributed by atoms with van der Waals surface area (Å²) in [5, 5.41) is 12.5. The molecule has 2 aromatic rings. The van der Waals surface area contributed by atoms with Crippen LogP contribution >= 0.6 is 0 Å². The minimum Gasteiger partial charge on any atom is -0.493 e. The zero-order valence-electron chi connectivity index (χ0n) is 23.2. The van der Waals surface area contributed by atoms with E-state index in [-0.39, 0.29) is 10.8 Å². The van der Waals surface area contributed by atoms with Crippen LogP contribution in [0.5, 0.6) is 11.5 Å². The summed E-state index contributed by atoms with van der Waals surface area (Å²) in [4.78, 5) is 0. The van der Waals surface area contributed by atoms with Crippen molar-refractivity contribution in [3.63, 3.8) is 0 Å². The van der Waals surface area contributed by atoms with E-state index in [0.29, 0.717) is 19.6 Å². The van der Waals surface area contributed by atoms with Crippen LogP contribution in [-0.4, -0.2) is 18.3 Å². The molecule has 0 radical (unpaired) electrons. The second kappa shape index (κ2) is 11.6. The highest BCUT2D eigenvalue weighted by Gasteiger charge is 2.37. The van der Waals surface area contributed by atoms with Crippen molar-refractivity contribution in [1.82, 2.24) is 0 Å². The summed E-state index contributed by atoms with van der Waals surface area (Å²) in [6.45, 7) is 20.9. The van der Waals surface area contributed by atoms with Gasteiger partial charge in [-0.15, -0.1) is 0 Å². The highest BCUT2D eigenvalue weighted by atomic mass is 16.5. The molecule has 190 valence electrons. The van der Waals surface area contributed by atoms with Gasteiger partial charge in [0.15, 0.2) is 0 Å². The van der Waals surface area contributed by atoms with Gasteiger partial charge in [-0.3, -0.25) is 0 Å². The van der Waals surface area contributed by atoms with Gasteiger partial charge in [0.05, 0.1) is 13.2 Å². The molecule has 0 aliphatic rings. The summed E-state index contributed by atoms with van der Waals surface area (Å²) in [5.41, 5.74) is 2.69. The monoisotopic (exact) mass is 468 g/mol. The Hall–Kier alpha value is -2.00. The average molecular weight is 469 g/mol. The number of aliphatic hydroxyl groups is 1. The minimum atomic E-state index is -1.23. The van der Waals surface area contributed by atoms with Gasteiger partial charge in [0.25, 0.3) is 0 Å². The molecule has 34 heavy (non-hydrogen) atoms. The molecular formula is C31H48O3. The molecule has 2 aromatic carbocycles. The Kier molecular flexibility index (Phi) is 9.65. The van der Waals surface area contributed by atoms with E-state index in [2.05, 4.69) is 79.7 Å². The molecule has 0 unspecified atom stereocenters. The fourth-order valence-electron chi connectivity index (χ4n) is 4.07. The number of benzene rings is 2. The van der Waals surface area contributed by atoms with Crippen LogP contribution in [0.1, 0.15) is 117 Å². The van der Waals surface area contributed by atoms with Crippen LogP contribution in [0, 0.1) is 0 Å². The van der Waals surface area contributed by atoms with Crippen molar-refractivity contribution in [1.29, 1.82) is 0 Å². The van der Waals surface area contributed by atoms with E-state index >= 15 is 0 Å². The van der Waals surface area contributed by atoms with Crippen LogP contribution in [0.25, 0.3) is 0 Å². The highest BCUT2D eigenvalue weighted by molar-refractivity contribution is 5.53. The first kappa shape index (κ1) is 28.2. The van der Waals surface area contributed by atoms with Crippen molar-refractivity contribution < 1.29 is 14.6 Å². The molecule has 0 bridgehead atoms. The van der Waals surface area contributed by atoms with Gasteiger partial charge in [0, 0.05) is 11.1 Å². The minimum absolute atomic E-state index is 0.0426. The Balaban J connectivity index is 2.75. The maximum atomic E-state index is 12.5. The van der Waals surface area contributed by atoms with E-state index in [1.807, 2.05) is 19.1 Å². The first-order valence-electron chi connectivity index (χ1n) is 13.2. The summed E-state index contributed by atoms with van der Waals surface area (Å²) in [6.07, 6.45) is 4.61. The van der Waals surface area contributed by atoms with Gasteiger partial charge in [0.2, 0.25) is 0 Å². The fourth-order valence-corrected chi connectivity index (χ4v) is 4.07. The molecule has 0 saturated heterocycles. The van der Waals surface area contributed by atoms with Crippen molar-refractivity contribution in [2.24, 2.45) is 0 Å². The molecule has 0 aliphatic carbocycles. The topological polar surface area (TPSA) is 38.7 Å². The van der Waals surface area contributed by atoms with Crippen molar-refractivity contribution >= 4 is 0 Å². The van der Waals surface area contributed by atoms with E-state index < -0.39 is 5.60 Å². The highest BCUT2D eigenvalue weighted by Crippen LogP contribution is 2.45. The van der Waals surface area contributed by atoms with Gasteiger partial charge in [0.1, 0.15) is 17.1 Å². The molecule has 3 heteroatoms. The lowest BCUT2D eigenvalue weighted by atomic mass is 9.77. The lowest BCUT2D eigenvalue weighted by Gasteiger charge is -2.34. The molecular weight excluding hydrogens is 420 g/mol. The van der Waals surface area contributed by atoms with Gasteiger partial charge in [-0.25, -0.2) is 0 Å². The Morgan fingerprint density at radius 1 is 0.647 bits per heavy atom. The Labute approximate surface area is 208 Å². The summed E-state index contributed by atoms with van der Waals surface area (Å²) in [5.74, 6) is 1.51. The Bertz CT molecular complexity index is 844. The van der Waals surface area contributed by atoms with Crippen molar-refractivity contribution in [3.8, 4) is 11.5 Å². The van der Waals surface area contributed by atoms with E-state index in [0.717, 1.165) is 48.3 Å². The standard InChI is InChI=1S/C31H48O3/c1-10-13-19-33-27-17-15-23(29(4,5)6)21-25(27)31(32,12-3)26-22-24(30(7,8)9)16-18-28(26)34-20-14-11-2/h15-18,21-22,32H,10-14,19-20H2,1-9H3. The summed E-state index contributed by atoms with van der Waals surface area (Å²) in [7, 11) is 0. The largest absolute Gasteiger partial charge is 0.493 e. The maximum Gasteiger partial charge on any atom is 0.125 e. The lowest BCUT2D eigenvalue weighted by molar-refractivity contribution is 0.0687. The number of rotatable bonds is 11. The van der Waals surface area contributed by atoms with Crippen LogP contribution in [0.2, 0.25) is 0 Å². The second-order valence-corrected chi connectivity index (χ2v) is 11.5. The van der Waals surface area contributed by atoms with Crippen LogP contribution < -0.4 is 9.47 Å². The molecule has 0 atom stereocenters. The average Bonchev–Trinajstić information content (AvgIpc) is 2.77. The molecule has 0 spiro atoms.